The summed E-state index contributed by atoms with van der Waals surface area (Å²) in [6.07, 6.45) is 1.57. The molecule has 1 atom stereocenters. The quantitative estimate of drug-likeness (QED) is 0.234. The predicted molar refractivity (Wildman–Crippen MR) is 139 cm³/mol. The topological polar surface area (TPSA) is 59.9 Å². The fourth-order valence-electron chi connectivity index (χ4n) is 2.82. The van der Waals surface area contributed by atoms with Gasteiger partial charge in [-0.3, -0.25) is 4.79 Å². The van der Waals surface area contributed by atoms with Crippen molar-refractivity contribution in [3.63, 3.8) is 0 Å². The number of carbonyl (C=O) groups excluding carboxylic acids is 1. The zero-order valence-corrected chi connectivity index (χ0v) is 21.4. The number of benzene rings is 3. The second-order valence-corrected chi connectivity index (χ2v) is 9.74. The summed E-state index contributed by atoms with van der Waals surface area (Å²) < 4.78 is 12.1. The van der Waals surface area contributed by atoms with Gasteiger partial charge < -0.3 is 9.47 Å². The van der Waals surface area contributed by atoms with E-state index in [1.807, 2.05) is 67.6 Å². The lowest BCUT2D eigenvalue weighted by atomic mass is 10.2. The average Bonchev–Trinajstić information content (AvgIpc) is 2.83. The molecule has 172 valence electrons. The van der Waals surface area contributed by atoms with E-state index in [-0.39, 0.29) is 11.2 Å². The Morgan fingerprint density at radius 2 is 1.88 bits per heavy atom. The van der Waals surface area contributed by atoms with Crippen LogP contribution in [0.2, 0.25) is 5.02 Å². The van der Waals surface area contributed by atoms with Crippen molar-refractivity contribution in [1.82, 2.24) is 5.43 Å². The summed E-state index contributed by atoms with van der Waals surface area (Å²) in [5, 5.41) is 4.55. The molecule has 1 unspecified atom stereocenters. The number of nitrogens with zero attached hydrogens (tertiary/aromatic N) is 1. The lowest BCUT2D eigenvalue weighted by Gasteiger charge is -2.13. The summed E-state index contributed by atoms with van der Waals surface area (Å²) in [4.78, 5) is 12.3. The Morgan fingerprint density at radius 3 is 2.58 bits per heavy atom. The highest BCUT2D eigenvalue weighted by Crippen LogP contribution is 2.37. The van der Waals surface area contributed by atoms with Crippen molar-refractivity contribution in [1.29, 1.82) is 0 Å². The van der Waals surface area contributed by atoms with Crippen LogP contribution in [0.4, 0.5) is 0 Å². The molecular formula is C25H24BrClN2O3S. The molecule has 33 heavy (non-hydrogen) atoms. The van der Waals surface area contributed by atoms with Gasteiger partial charge in [-0.1, -0.05) is 54.1 Å². The predicted octanol–water partition coefficient (Wildman–Crippen LogP) is 6.46. The molecule has 0 spiro atoms. The van der Waals surface area contributed by atoms with Gasteiger partial charge in [-0.25, -0.2) is 5.43 Å². The Labute approximate surface area is 211 Å². The SMILES string of the molecule is COc1cc(/C=N/NC(=O)C(C)SCc2ccccc2)cc(Br)c1OCc1ccc(Cl)cc1. The molecule has 3 aromatic carbocycles. The van der Waals surface area contributed by atoms with Crippen LogP contribution in [0.15, 0.2) is 76.3 Å². The number of nitrogens with one attached hydrogen (secondary N) is 1. The number of halogens is 2. The van der Waals surface area contributed by atoms with Gasteiger partial charge in [0.2, 0.25) is 0 Å². The van der Waals surface area contributed by atoms with Crippen molar-refractivity contribution >= 4 is 51.4 Å². The Bertz CT molecular complexity index is 1090. The molecule has 1 amide bonds. The van der Waals surface area contributed by atoms with Crippen LogP contribution in [0.5, 0.6) is 11.5 Å². The maximum absolute atomic E-state index is 12.3. The standard InChI is InChI=1S/C25H24BrClN2O3S/c1-17(33-16-19-6-4-3-5-7-19)25(30)29-28-14-20-12-22(26)24(23(13-20)31-2)32-15-18-8-10-21(27)11-9-18/h3-14,17H,15-16H2,1-2H3,(H,29,30)/b28-14+. The second kappa shape index (κ2) is 12.7. The average molecular weight is 548 g/mol. The largest absolute Gasteiger partial charge is 0.493 e. The Balaban J connectivity index is 1.56. The molecule has 0 radical (unpaired) electrons. The molecule has 5 nitrogen and oxygen atoms in total. The molecule has 8 heteroatoms. The molecule has 0 saturated heterocycles. The molecule has 0 heterocycles. The zero-order valence-electron chi connectivity index (χ0n) is 18.3. The van der Waals surface area contributed by atoms with Crippen LogP contribution in [-0.4, -0.2) is 24.5 Å². The van der Waals surface area contributed by atoms with Crippen LogP contribution in [0, 0.1) is 0 Å². The smallest absolute Gasteiger partial charge is 0.252 e. The molecule has 3 rings (SSSR count). The first-order valence-corrected chi connectivity index (χ1v) is 12.4. The fourth-order valence-corrected chi connectivity index (χ4v) is 4.36. The van der Waals surface area contributed by atoms with Crippen molar-refractivity contribution < 1.29 is 14.3 Å². The third kappa shape index (κ3) is 7.81. The van der Waals surface area contributed by atoms with Crippen molar-refractivity contribution in [2.45, 2.75) is 24.5 Å². The first kappa shape index (κ1) is 25.1. The highest BCUT2D eigenvalue weighted by atomic mass is 79.9. The van der Waals surface area contributed by atoms with Gasteiger partial charge in [0.05, 0.1) is 23.0 Å². The number of carbonyl (C=O) groups is 1. The molecule has 0 saturated carbocycles. The molecule has 0 aliphatic rings. The second-order valence-electron chi connectivity index (χ2n) is 7.12. The third-order valence-electron chi connectivity index (χ3n) is 4.65. The van der Waals surface area contributed by atoms with Gasteiger partial charge in [0.1, 0.15) is 6.61 Å². The summed E-state index contributed by atoms with van der Waals surface area (Å²) in [7, 11) is 1.57. The third-order valence-corrected chi connectivity index (χ3v) is 6.70. The number of hydrazone groups is 1. The normalized spacial score (nSPS) is 11.9. The van der Waals surface area contributed by atoms with E-state index in [9.17, 15) is 4.79 Å². The number of hydrogen-bond donors (Lipinski definition) is 1. The molecule has 0 fully saturated rings. The molecule has 0 bridgehead atoms. The Kier molecular flexibility index (Phi) is 9.66. The van der Waals surface area contributed by atoms with Crippen molar-refractivity contribution in [2.75, 3.05) is 7.11 Å². The van der Waals surface area contributed by atoms with E-state index in [0.29, 0.717) is 23.1 Å². The van der Waals surface area contributed by atoms with E-state index in [0.717, 1.165) is 21.4 Å². The number of ether oxygens (including phenoxy) is 2. The van der Waals surface area contributed by atoms with Gasteiger partial charge in [-0.15, -0.1) is 11.8 Å². The van der Waals surface area contributed by atoms with Crippen LogP contribution in [-0.2, 0) is 17.2 Å². The molecule has 3 aromatic rings. The van der Waals surface area contributed by atoms with E-state index >= 15 is 0 Å². The summed E-state index contributed by atoms with van der Waals surface area (Å²) in [5.41, 5.74) is 5.52. The minimum absolute atomic E-state index is 0.152. The van der Waals surface area contributed by atoms with Crippen molar-refractivity contribution in [2.24, 2.45) is 5.10 Å². The molecule has 0 aliphatic carbocycles. The molecule has 0 aromatic heterocycles. The number of thioether (sulfide) groups is 1. The van der Waals surface area contributed by atoms with Crippen LogP contribution in [0.1, 0.15) is 23.6 Å². The van der Waals surface area contributed by atoms with E-state index in [1.165, 1.54) is 5.56 Å². The van der Waals surface area contributed by atoms with Gasteiger partial charge in [0.15, 0.2) is 11.5 Å². The van der Waals surface area contributed by atoms with E-state index in [1.54, 1.807) is 31.2 Å². The van der Waals surface area contributed by atoms with Gasteiger partial charge in [-0.2, -0.15) is 5.10 Å². The minimum Gasteiger partial charge on any atom is -0.493 e. The molecular weight excluding hydrogens is 524 g/mol. The highest BCUT2D eigenvalue weighted by molar-refractivity contribution is 9.10. The summed E-state index contributed by atoms with van der Waals surface area (Å²) in [6.45, 7) is 2.24. The maximum atomic E-state index is 12.3. The lowest BCUT2D eigenvalue weighted by molar-refractivity contribution is -0.120. The highest BCUT2D eigenvalue weighted by Gasteiger charge is 2.14. The lowest BCUT2D eigenvalue weighted by Crippen LogP contribution is -2.27. The van der Waals surface area contributed by atoms with Crippen LogP contribution >= 0.6 is 39.3 Å². The van der Waals surface area contributed by atoms with E-state index in [4.69, 9.17) is 21.1 Å². The van der Waals surface area contributed by atoms with Crippen molar-refractivity contribution in [3.8, 4) is 11.5 Å². The first-order chi connectivity index (χ1) is 16.0. The molecule has 1 N–H and O–H groups in total. The van der Waals surface area contributed by atoms with E-state index in [2.05, 4.69) is 26.5 Å². The number of methoxy groups -OCH3 is 1. The number of amides is 1. The molecule has 0 aliphatic heterocycles. The van der Waals surface area contributed by atoms with Gasteiger partial charge in [0, 0.05) is 10.8 Å². The van der Waals surface area contributed by atoms with Gasteiger partial charge >= 0.3 is 0 Å². The number of hydrogen-bond acceptors (Lipinski definition) is 5. The van der Waals surface area contributed by atoms with Gasteiger partial charge in [0.25, 0.3) is 5.91 Å². The number of rotatable bonds is 10. The fraction of sp³-hybridized carbons (Fsp3) is 0.200. The van der Waals surface area contributed by atoms with E-state index < -0.39 is 0 Å². The monoisotopic (exact) mass is 546 g/mol. The first-order valence-electron chi connectivity index (χ1n) is 10.2. The Hall–Kier alpha value is -2.48. The maximum Gasteiger partial charge on any atom is 0.252 e. The van der Waals surface area contributed by atoms with Crippen LogP contribution in [0.25, 0.3) is 0 Å². The van der Waals surface area contributed by atoms with Crippen LogP contribution < -0.4 is 14.9 Å². The Morgan fingerprint density at radius 1 is 1.15 bits per heavy atom. The summed E-state index contributed by atoms with van der Waals surface area (Å²) in [6, 6.07) is 21.2. The van der Waals surface area contributed by atoms with Crippen molar-refractivity contribution in [3.05, 3.63) is 92.9 Å². The minimum atomic E-state index is -0.229. The zero-order chi connectivity index (χ0) is 23.6. The summed E-state index contributed by atoms with van der Waals surface area (Å²) in [5.74, 6) is 1.75. The van der Waals surface area contributed by atoms with Crippen LogP contribution in [0.3, 0.4) is 0 Å². The summed E-state index contributed by atoms with van der Waals surface area (Å²) >= 11 is 11.0. The van der Waals surface area contributed by atoms with Gasteiger partial charge in [-0.05, 0) is 63.8 Å².